The first-order valence-corrected chi connectivity index (χ1v) is 8.11. The van der Waals surface area contributed by atoms with E-state index in [1.165, 1.54) is 16.0 Å². The van der Waals surface area contributed by atoms with E-state index in [1.54, 1.807) is 11.8 Å². The third-order valence-electron chi connectivity index (χ3n) is 2.91. The van der Waals surface area contributed by atoms with Crippen molar-refractivity contribution < 1.29 is 0 Å². The minimum absolute atomic E-state index is 0.180. The lowest BCUT2D eigenvalue weighted by Gasteiger charge is -2.12. The van der Waals surface area contributed by atoms with Crippen molar-refractivity contribution in [3.8, 4) is 0 Å². The monoisotopic (exact) mass is 335 g/mol. The highest BCUT2D eigenvalue weighted by atomic mass is 79.9. The maximum atomic E-state index is 6.21. The number of benzene rings is 2. The molecule has 0 aliphatic carbocycles. The Labute approximate surface area is 127 Å². The van der Waals surface area contributed by atoms with E-state index in [4.69, 9.17) is 5.73 Å². The first-order chi connectivity index (χ1) is 9.15. The van der Waals surface area contributed by atoms with Crippen LogP contribution in [0.25, 0.3) is 0 Å². The first-order valence-electron chi connectivity index (χ1n) is 6.33. The molecule has 0 radical (unpaired) electrons. The SMILES string of the molecule is Cc1ccc(CC(N)CSc2ccccc2Br)cc1. The number of hydrogen-bond donors (Lipinski definition) is 1. The normalized spacial score (nSPS) is 12.4. The van der Waals surface area contributed by atoms with Crippen LogP contribution in [0.15, 0.2) is 57.9 Å². The molecule has 0 saturated carbocycles. The van der Waals surface area contributed by atoms with Gasteiger partial charge in [0, 0.05) is 21.2 Å². The number of aryl methyl sites for hydroxylation is 1. The Bertz CT molecular complexity index is 525. The molecule has 100 valence electrons. The van der Waals surface area contributed by atoms with Gasteiger partial charge in [0.2, 0.25) is 0 Å². The third-order valence-corrected chi connectivity index (χ3v) is 5.12. The summed E-state index contributed by atoms with van der Waals surface area (Å²) in [6.45, 7) is 2.10. The van der Waals surface area contributed by atoms with Crippen LogP contribution in [0.5, 0.6) is 0 Å². The van der Waals surface area contributed by atoms with E-state index < -0.39 is 0 Å². The van der Waals surface area contributed by atoms with E-state index in [1.807, 2.05) is 6.07 Å². The Morgan fingerprint density at radius 1 is 1.11 bits per heavy atom. The highest BCUT2D eigenvalue weighted by Crippen LogP contribution is 2.27. The van der Waals surface area contributed by atoms with Crippen LogP contribution in [0.4, 0.5) is 0 Å². The van der Waals surface area contributed by atoms with Crippen molar-refractivity contribution in [2.24, 2.45) is 5.73 Å². The topological polar surface area (TPSA) is 26.0 Å². The van der Waals surface area contributed by atoms with E-state index in [-0.39, 0.29) is 6.04 Å². The van der Waals surface area contributed by atoms with Gasteiger partial charge in [0.25, 0.3) is 0 Å². The van der Waals surface area contributed by atoms with Gasteiger partial charge < -0.3 is 5.73 Å². The molecule has 2 N–H and O–H groups in total. The Balaban J connectivity index is 1.86. The van der Waals surface area contributed by atoms with E-state index in [0.717, 1.165) is 16.6 Å². The van der Waals surface area contributed by atoms with Crippen LogP contribution in [0.1, 0.15) is 11.1 Å². The van der Waals surface area contributed by atoms with Gasteiger partial charge in [0.15, 0.2) is 0 Å². The molecule has 0 heterocycles. The molecule has 1 atom stereocenters. The van der Waals surface area contributed by atoms with Gasteiger partial charge in [-0.15, -0.1) is 11.8 Å². The molecular formula is C16H18BrNS. The van der Waals surface area contributed by atoms with Gasteiger partial charge >= 0.3 is 0 Å². The van der Waals surface area contributed by atoms with Crippen LogP contribution >= 0.6 is 27.7 Å². The first kappa shape index (κ1) is 14.6. The minimum Gasteiger partial charge on any atom is -0.327 e. The molecule has 19 heavy (non-hydrogen) atoms. The summed E-state index contributed by atoms with van der Waals surface area (Å²) in [5.41, 5.74) is 8.81. The van der Waals surface area contributed by atoms with Crippen molar-refractivity contribution in [2.45, 2.75) is 24.3 Å². The van der Waals surface area contributed by atoms with Crippen LogP contribution in [0.2, 0.25) is 0 Å². The molecule has 0 fully saturated rings. The molecule has 0 spiro atoms. The lowest BCUT2D eigenvalue weighted by Crippen LogP contribution is -2.25. The maximum Gasteiger partial charge on any atom is 0.0311 e. The molecule has 0 aliphatic heterocycles. The van der Waals surface area contributed by atoms with Crippen molar-refractivity contribution in [3.63, 3.8) is 0 Å². The molecular weight excluding hydrogens is 318 g/mol. The summed E-state index contributed by atoms with van der Waals surface area (Å²) in [6, 6.07) is 17.1. The van der Waals surface area contributed by atoms with Crippen molar-refractivity contribution in [1.82, 2.24) is 0 Å². The fourth-order valence-corrected chi connectivity index (χ4v) is 3.36. The second kappa shape index (κ2) is 7.13. The zero-order valence-corrected chi connectivity index (χ0v) is 13.4. The second-order valence-electron chi connectivity index (χ2n) is 4.69. The predicted molar refractivity (Wildman–Crippen MR) is 87.7 cm³/mol. The van der Waals surface area contributed by atoms with Crippen LogP contribution in [0.3, 0.4) is 0 Å². The molecule has 0 bridgehead atoms. The summed E-state index contributed by atoms with van der Waals surface area (Å²) >= 11 is 5.37. The maximum absolute atomic E-state index is 6.21. The molecule has 3 heteroatoms. The van der Waals surface area contributed by atoms with E-state index in [2.05, 4.69) is 65.3 Å². The zero-order valence-electron chi connectivity index (χ0n) is 11.0. The summed E-state index contributed by atoms with van der Waals surface area (Å²) in [6.07, 6.45) is 0.928. The molecule has 0 saturated heterocycles. The number of halogens is 1. The van der Waals surface area contributed by atoms with Crippen LogP contribution in [-0.4, -0.2) is 11.8 Å². The zero-order chi connectivity index (χ0) is 13.7. The van der Waals surface area contributed by atoms with Gasteiger partial charge in [-0.3, -0.25) is 0 Å². The van der Waals surface area contributed by atoms with Gasteiger partial charge in [0.1, 0.15) is 0 Å². The summed E-state index contributed by atoms with van der Waals surface area (Å²) < 4.78 is 1.14. The molecule has 1 nitrogen and oxygen atoms in total. The van der Waals surface area contributed by atoms with Gasteiger partial charge in [-0.25, -0.2) is 0 Å². The van der Waals surface area contributed by atoms with E-state index in [9.17, 15) is 0 Å². The summed E-state index contributed by atoms with van der Waals surface area (Å²) in [5.74, 6) is 0.927. The minimum atomic E-state index is 0.180. The Kier molecular flexibility index (Phi) is 5.49. The van der Waals surface area contributed by atoms with Gasteiger partial charge in [-0.2, -0.15) is 0 Å². The third kappa shape index (κ3) is 4.68. The molecule has 0 aromatic heterocycles. The lowest BCUT2D eigenvalue weighted by atomic mass is 10.1. The molecule has 0 amide bonds. The fraction of sp³-hybridized carbons (Fsp3) is 0.250. The Morgan fingerprint density at radius 2 is 1.79 bits per heavy atom. The summed E-state index contributed by atoms with van der Waals surface area (Å²) in [7, 11) is 0. The second-order valence-corrected chi connectivity index (χ2v) is 6.61. The highest BCUT2D eigenvalue weighted by Gasteiger charge is 2.06. The largest absolute Gasteiger partial charge is 0.327 e. The van der Waals surface area contributed by atoms with Crippen molar-refractivity contribution in [3.05, 3.63) is 64.1 Å². The molecule has 0 aliphatic rings. The predicted octanol–water partition coefficient (Wildman–Crippen LogP) is 4.42. The molecule has 2 aromatic rings. The van der Waals surface area contributed by atoms with E-state index >= 15 is 0 Å². The van der Waals surface area contributed by atoms with Crippen LogP contribution < -0.4 is 5.73 Å². The summed E-state index contributed by atoms with van der Waals surface area (Å²) in [5, 5.41) is 0. The standard InChI is InChI=1S/C16H18BrNS/c1-12-6-8-13(9-7-12)10-14(18)11-19-16-5-3-2-4-15(16)17/h2-9,14H,10-11,18H2,1H3. The summed E-state index contributed by atoms with van der Waals surface area (Å²) in [4.78, 5) is 1.25. The molecule has 2 rings (SSSR count). The average Bonchev–Trinajstić information content (AvgIpc) is 2.40. The number of nitrogens with two attached hydrogens (primary N) is 1. The van der Waals surface area contributed by atoms with E-state index in [0.29, 0.717) is 0 Å². The van der Waals surface area contributed by atoms with Crippen LogP contribution in [0, 0.1) is 6.92 Å². The number of rotatable bonds is 5. The number of hydrogen-bond acceptors (Lipinski definition) is 2. The van der Waals surface area contributed by atoms with Crippen LogP contribution in [-0.2, 0) is 6.42 Å². The number of thioether (sulfide) groups is 1. The highest BCUT2D eigenvalue weighted by molar-refractivity contribution is 9.10. The van der Waals surface area contributed by atoms with Gasteiger partial charge in [-0.05, 0) is 47.0 Å². The van der Waals surface area contributed by atoms with Crippen molar-refractivity contribution in [2.75, 3.05) is 5.75 Å². The molecule has 2 aromatic carbocycles. The Morgan fingerprint density at radius 3 is 2.47 bits per heavy atom. The Hall–Kier alpha value is -0.770. The smallest absolute Gasteiger partial charge is 0.0311 e. The fourth-order valence-electron chi connectivity index (χ4n) is 1.84. The lowest BCUT2D eigenvalue weighted by molar-refractivity contribution is 0.748. The quantitative estimate of drug-likeness (QED) is 0.818. The van der Waals surface area contributed by atoms with Gasteiger partial charge in [0.05, 0.1) is 0 Å². The molecule has 1 unspecified atom stereocenters. The van der Waals surface area contributed by atoms with Crippen molar-refractivity contribution in [1.29, 1.82) is 0 Å². The van der Waals surface area contributed by atoms with Gasteiger partial charge in [-0.1, -0.05) is 42.0 Å². The average molecular weight is 336 g/mol. The van der Waals surface area contributed by atoms with Crippen molar-refractivity contribution >= 4 is 27.7 Å².